The second kappa shape index (κ2) is 63.7. The van der Waals surface area contributed by atoms with Gasteiger partial charge in [0, 0.05) is 19.3 Å². The zero-order chi connectivity index (χ0) is 53.6. The molecule has 0 aliphatic carbocycles. The van der Waals surface area contributed by atoms with Crippen molar-refractivity contribution in [2.75, 3.05) is 13.2 Å². The van der Waals surface area contributed by atoms with Gasteiger partial charge in [-0.05, 0) is 44.9 Å². The lowest BCUT2D eigenvalue weighted by Gasteiger charge is -2.18. The number of carbonyl (C=O) groups excluding carboxylic acids is 3. The number of unbranched alkanes of at least 4 members (excludes halogenated alkanes) is 50. The van der Waals surface area contributed by atoms with Gasteiger partial charge in [-0.1, -0.05) is 335 Å². The largest absolute Gasteiger partial charge is 0.462 e. The van der Waals surface area contributed by atoms with Crippen LogP contribution in [0.15, 0.2) is 12.2 Å². The van der Waals surface area contributed by atoms with Crippen LogP contribution in [0.25, 0.3) is 0 Å². The lowest BCUT2D eigenvalue weighted by atomic mass is 10.0. The molecule has 0 aromatic carbocycles. The lowest BCUT2D eigenvalue weighted by molar-refractivity contribution is -0.167. The van der Waals surface area contributed by atoms with Gasteiger partial charge in [0.15, 0.2) is 6.10 Å². The van der Waals surface area contributed by atoms with E-state index in [0.29, 0.717) is 19.3 Å². The fraction of sp³-hybridized carbons (Fsp3) is 0.926. The standard InChI is InChI=1S/C68H130O6/c1-4-7-10-13-16-19-22-25-27-29-30-31-32-33-34-35-36-37-38-40-41-43-46-49-52-55-58-61-67(70)73-64-65(63-72-66(69)60-57-54-51-48-45-24-21-18-15-12-9-6-3)74-68(71)62-59-56-53-50-47-44-42-39-28-26-23-20-17-14-11-8-5-2/h26,28,65H,4-25,27,29-64H2,1-3H3/b28-26-. The van der Waals surface area contributed by atoms with Crippen LogP contribution in [0.5, 0.6) is 0 Å². The minimum Gasteiger partial charge on any atom is -0.462 e. The SMILES string of the molecule is CCCCCCCC/C=C\CCCCCCCCCC(=O)OC(COC(=O)CCCCCCCCCCCCCC)COC(=O)CCCCCCCCCCCCCCCCCCCCCCCCCCCCC. The third-order valence-corrected chi connectivity index (χ3v) is 15.5. The number of rotatable bonds is 63. The van der Waals surface area contributed by atoms with E-state index >= 15 is 0 Å². The van der Waals surface area contributed by atoms with Gasteiger partial charge in [0.2, 0.25) is 0 Å². The van der Waals surface area contributed by atoms with E-state index in [-0.39, 0.29) is 31.1 Å². The van der Waals surface area contributed by atoms with E-state index in [4.69, 9.17) is 14.2 Å². The van der Waals surface area contributed by atoms with Crippen molar-refractivity contribution in [2.24, 2.45) is 0 Å². The molecule has 438 valence electrons. The van der Waals surface area contributed by atoms with E-state index in [9.17, 15) is 14.4 Å². The molecule has 1 unspecified atom stereocenters. The quantitative estimate of drug-likeness (QED) is 0.0261. The highest BCUT2D eigenvalue weighted by Gasteiger charge is 2.19. The highest BCUT2D eigenvalue weighted by Crippen LogP contribution is 2.19. The molecule has 1 atom stereocenters. The van der Waals surface area contributed by atoms with Gasteiger partial charge in [0.05, 0.1) is 0 Å². The fourth-order valence-electron chi connectivity index (χ4n) is 10.4. The molecule has 0 spiro atoms. The normalized spacial score (nSPS) is 12.0. The summed E-state index contributed by atoms with van der Waals surface area (Å²) in [5, 5.41) is 0. The molecule has 0 N–H and O–H groups in total. The monoisotopic (exact) mass is 1040 g/mol. The van der Waals surface area contributed by atoms with Crippen molar-refractivity contribution in [3.05, 3.63) is 12.2 Å². The third-order valence-electron chi connectivity index (χ3n) is 15.5. The third kappa shape index (κ3) is 61.0. The first-order valence-electron chi connectivity index (χ1n) is 33.7. The van der Waals surface area contributed by atoms with Crippen molar-refractivity contribution in [1.82, 2.24) is 0 Å². The molecule has 0 aromatic rings. The van der Waals surface area contributed by atoms with Gasteiger partial charge in [-0.3, -0.25) is 14.4 Å². The first kappa shape index (κ1) is 72.2. The second-order valence-corrected chi connectivity index (χ2v) is 23.1. The zero-order valence-electron chi connectivity index (χ0n) is 50.4. The number of esters is 3. The molecule has 6 heteroatoms. The molecule has 0 aliphatic rings. The van der Waals surface area contributed by atoms with Crippen LogP contribution in [0.4, 0.5) is 0 Å². The Balaban J connectivity index is 4.16. The summed E-state index contributed by atoms with van der Waals surface area (Å²) in [7, 11) is 0. The maximum Gasteiger partial charge on any atom is 0.306 e. The van der Waals surface area contributed by atoms with Crippen LogP contribution < -0.4 is 0 Å². The van der Waals surface area contributed by atoms with Crippen LogP contribution in [0, 0.1) is 0 Å². The summed E-state index contributed by atoms with van der Waals surface area (Å²) < 4.78 is 16.9. The Labute approximate surface area is 462 Å². The van der Waals surface area contributed by atoms with Crippen LogP contribution in [0.1, 0.15) is 387 Å². The average molecular weight is 1040 g/mol. The van der Waals surface area contributed by atoms with Crippen molar-refractivity contribution in [3.63, 3.8) is 0 Å². The molecule has 0 aliphatic heterocycles. The Morgan fingerprint density at radius 2 is 0.446 bits per heavy atom. The summed E-state index contributed by atoms with van der Waals surface area (Å²) in [4.78, 5) is 38.3. The number of carbonyl (C=O) groups is 3. The first-order valence-corrected chi connectivity index (χ1v) is 33.7. The number of ether oxygens (including phenoxy) is 3. The highest BCUT2D eigenvalue weighted by molar-refractivity contribution is 5.71. The van der Waals surface area contributed by atoms with Crippen molar-refractivity contribution in [2.45, 2.75) is 393 Å². The van der Waals surface area contributed by atoms with Crippen molar-refractivity contribution in [3.8, 4) is 0 Å². The Kier molecular flexibility index (Phi) is 62.1. The summed E-state index contributed by atoms with van der Waals surface area (Å²) >= 11 is 0. The fourth-order valence-corrected chi connectivity index (χ4v) is 10.4. The summed E-state index contributed by atoms with van der Waals surface area (Å²) in [5.41, 5.74) is 0. The molecule has 0 fully saturated rings. The zero-order valence-corrected chi connectivity index (χ0v) is 50.4. The predicted octanol–water partition coefficient (Wildman–Crippen LogP) is 22.8. The van der Waals surface area contributed by atoms with Gasteiger partial charge in [-0.15, -0.1) is 0 Å². The predicted molar refractivity (Wildman–Crippen MR) is 321 cm³/mol. The van der Waals surface area contributed by atoms with Crippen LogP contribution in [-0.4, -0.2) is 37.2 Å². The highest BCUT2D eigenvalue weighted by atomic mass is 16.6. The molecule has 0 heterocycles. The molecule has 0 saturated carbocycles. The minimum absolute atomic E-state index is 0.0653. The van der Waals surface area contributed by atoms with E-state index in [2.05, 4.69) is 32.9 Å². The van der Waals surface area contributed by atoms with E-state index in [1.165, 1.54) is 289 Å². The smallest absolute Gasteiger partial charge is 0.306 e. The molecule has 0 rings (SSSR count). The molecular weight excluding hydrogens is 913 g/mol. The summed E-state index contributed by atoms with van der Waals surface area (Å²) in [5.74, 6) is -0.839. The van der Waals surface area contributed by atoms with Crippen LogP contribution in [0.3, 0.4) is 0 Å². The Hall–Kier alpha value is -1.85. The lowest BCUT2D eigenvalue weighted by Crippen LogP contribution is -2.30. The van der Waals surface area contributed by atoms with E-state index < -0.39 is 6.10 Å². The molecular formula is C68H130O6. The maximum absolute atomic E-state index is 12.9. The maximum atomic E-state index is 12.9. The van der Waals surface area contributed by atoms with Gasteiger partial charge >= 0.3 is 17.9 Å². The van der Waals surface area contributed by atoms with Crippen molar-refractivity contribution < 1.29 is 28.6 Å². The molecule has 0 amide bonds. The van der Waals surface area contributed by atoms with Gasteiger partial charge < -0.3 is 14.2 Å². The van der Waals surface area contributed by atoms with Gasteiger partial charge in [0.1, 0.15) is 13.2 Å². The van der Waals surface area contributed by atoms with Gasteiger partial charge in [-0.2, -0.15) is 0 Å². The Morgan fingerprint density at radius 3 is 0.676 bits per heavy atom. The number of hydrogen-bond donors (Lipinski definition) is 0. The van der Waals surface area contributed by atoms with E-state index in [1.54, 1.807) is 0 Å². The summed E-state index contributed by atoms with van der Waals surface area (Å²) in [6.45, 7) is 6.71. The average Bonchev–Trinajstić information content (AvgIpc) is 3.40. The molecule has 0 aromatic heterocycles. The number of allylic oxidation sites excluding steroid dienone is 2. The molecule has 0 bridgehead atoms. The molecule has 6 nitrogen and oxygen atoms in total. The molecule has 74 heavy (non-hydrogen) atoms. The Morgan fingerprint density at radius 1 is 0.257 bits per heavy atom. The van der Waals surface area contributed by atoms with Crippen molar-refractivity contribution in [1.29, 1.82) is 0 Å². The van der Waals surface area contributed by atoms with E-state index in [0.717, 1.165) is 57.8 Å². The molecule has 0 saturated heterocycles. The number of hydrogen-bond acceptors (Lipinski definition) is 6. The van der Waals surface area contributed by atoms with Crippen LogP contribution in [-0.2, 0) is 28.6 Å². The summed E-state index contributed by atoms with van der Waals surface area (Å²) in [6.07, 6.45) is 75.2. The topological polar surface area (TPSA) is 78.9 Å². The van der Waals surface area contributed by atoms with Crippen LogP contribution in [0.2, 0.25) is 0 Å². The summed E-state index contributed by atoms with van der Waals surface area (Å²) in [6, 6.07) is 0. The van der Waals surface area contributed by atoms with E-state index in [1.807, 2.05) is 0 Å². The van der Waals surface area contributed by atoms with Crippen LogP contribution >= 0.6 is 0 Å². The second-order valence-electron chi connectivity index (χ2n) is 23.1. The minimum atomic E-state index is -0.768. The van der Waals surface area contributed by atoms with Gasteiger partial charge in [0.25, 0.3) is 0 Å². The molecule has 0 radical (unpaired) electrons. The van der Waals surface area contributed by atoms with Crippen molar-refractivity contribution >= 4 is 17.9 Å². The first-order chi connectivity index (χ1) is 36.5. The van der Waals surface area contributed by atoms with Gasteiger partial charge in [-0.25, -0.2) is 0 Å². The Bertz CT molecular complexity index is 1150.